The van der Waals surface area contributed by atoms with Gasteiger partial charge >= 0.3 is 0 Å². The first-order valence-electron chi connectivity index (χ1n) is 13.9. The molecule has 1 fully saturated rings. The Kier molecular flexibility index (Phi) is 18.5. The molecular formula is C27H53N3O2. The van der Waals surface area contributed by atoms with E-state index in [-0.39, 0.29) is 11.8 Å². The first-order valence-corrected chi connectivity index (χ1v) is 13.9. The minimum atomic E-state index is 0.225. The molecule has 0 aromatic heterocycles. The fourth-order valence-corrected chi connectivity index (χ4v) is 4.51. The summed E-state index contributed by atoms with van der Waals surface area (Å²) >= 11 is 0. The quantitative estimate of drug-likeness (QED) is 0.193. The van der Waals surface area contributed by atoms with Crippen molar-refractivity contribution in [2.75, 3.05) is 26.3 Å². The molecule has 1 rings (SSSR count). The van der Waals surface area contributed by atoms with Crippen LogP contribution in [0.4, 0.5) is 0 Å². The normalized spacial score (nSPS) is 16.1. The van der Waals surface area contributed by atoms with Gasteiger partial charge in [0.15, 0.2) is 0 Å². The van der Waals surface area contributed by atoms with Gasteiger partial charge in [-0.05, 0) is 31.7 Å². The molecule has 0 aromatic rings. The molecule has 1 aliphatic heterocycles. The van der Waals surface area contributed by atoms with Crippen LogP contribution in [-0.4, -0.2) is 43.0 Å². The summed E-state index contributed by atoms with van der Waals surface area (Å²) in [6.45, 7) is 7.76. The molecular weight excluding hydrogens is 398 g/mol. The summed E-state index contributed by atoms with van der Waals surface area (Å²) in [4.78, 5) is 25.6. The molecule has 0 aliphatic carbocycles. The number of carbonyl (C=O) groups excluding carboxylic acids is 2. The van der Waals surface area contributed by atoms with E-state index in [1.54, 1.807) is 0 Å². The second kappa shape index (κ2) is 20.5. The lowest BCUT2D eigenvalue weighted by atomic mass is 10.0. The van der Waals surface area contributed by atoms with E-state index in [0.29, 0.717) is 25.4 Å². The molecule has 5 nitrogen and oxygen atoms in total. The van der Waals surface area contributed by atoms with E-state index in [9.17, 15) is 9.59 Å². The van der Waals surface area contributed by atoms with Crippen LogP contribution < -0.4 is 10.6 Å². The maximum Gasteiger partial charge on any atom is 0.223 e. The van der Waals surface area contributed by atoms with Crippen LogP contribution in [-0.2, 0) is 9.59 Å². The molecule has 0 spiro atoms. The van der Waals surface area contributed by atoms with Crippen molar-refractivity contribution in [2.45, 2.75) is 129 Å². The highest BCUT2D eigenvalue weighted by Gasteiger charge is 2.25. The van der Waals surface area contributed by atoms with Gasteiger partial charge in [0.05, 0.1) is 6.67 Å². The first kappa shape index (κ1) is 28.9. The highest BCUT2D eigenvalue weighted by molar-refractivity contribution is 5.78. The van der Waals surface area contributed by atoms with Gasteiger partial charge in [-0.25, -0.2) is 0 Å². The third kappa shape index (κ3) is 16.5. The molecule has 2 N–H and O–H groups in total. The largest absolute Gasteiger partial charge is 0.356 e. The van der Waals surface area contributed by atoms with Gasteiger partial charge in [0.1, 0.15) is 0 Å². The summed E-state index contributed by atoms with van der Waals surface area (Å²) in [6, 6.07) is 0. The number of carbonyl (C=O) groups is 2. The fourth-order valence-electron chi connectivity index (χ4n) is 4.51. The van der Waals surface area contributed by atoms with Gasteiger partial charge in [-0.3, -0.25) is 14.9 Å². The van der Waals surface area contributed by atoms with Crippen molar-refractivity contribution in [3.63, 3.8) is 0 Å². The summed E-state index contributed by atoms with van der Waals surface area (Å²) in [5.74, 6) is 1.01. The number of rotatable bonds is 22. The van der Waals surface area contributed by atoms with E-state index in [1.165, 1.54) is 77.0 Å². The maximum absolute atomic E-state index is 11.9. The van der Waals surface area contributed by atoms with Gasteiger partial charge in [-0.15, -0.1) is 0 Å². The third-order valence-electron chi connectivity index (χ3n) is 6.57. The lowest BCUT2D eigenvalue weighted by molar-refractivity contribution is -0.128. The van der Waals surface area contributed by atoms with Crippen LogP contribution in [0, 0.1) is 5.92 Å². The molecule has 188 valence electrons. The molecule has 2 amide bonds. The Bertz CT molecular complexity index is 470. The average molecular weight is 452 g/mol. The van der Waals surface area contributed by atoms with Crippen LogP contribution in [0.15, 0.2) is 0 Å². The molecule has 1 unspecified atom stereocenters. The van der Waals surface area contributed by atoms with Gasteiger partial charge < -0.3 is 10.2 Å². The van der Waals surface area contributed by atoms with Gasteiger partial charge in [0.25, 0.3) is 0 Å². The fraction of sp³-hybridized carbons (Fsp3) is 0.926. The Labute approximate surface area is 198 Å². The number of unbranched alkanes of at least 4 members (excludes halogenated alkanes) is 14. The van der Waals surface area contributed by atoms with Crippen molar-refractivity contribution >= 4 is 11.8 Å². The number of nitrogens with one attached hydrogen (secondary N) is 2. The van der Waals surface area contributed by atoms with E-state index in [1.807, 2.05) is 4.90 Å². The Morgan fingerprint density at radius 3 is 1.91 bits per heavy atom. The van der Waals surface area contributed by atoms with Gasteiger partial charge in [-0.2, -0.15) is 0 Å². The van der Waals surface area contributed by atoms with Gasteiger partial charge in [0, 0.05) is 25.9 Å². The van der Waals surface area contributed by atoms with Gasteiger partial charge in [-0.1, -0.05) is 97.3 Å². The van der Waals surface area contributed by atoms with Gasteiger partial charge in [0.2, 0.25) is 11.8 Å². The zero-order valence-corrected chi connectivity index (χ0v) is 21.4. The van der Waals surface area contributed by atoms with E-state index in [0.717, 1.165) is 45.3 Å². The summed E-state index contributed by atoms with van der Waals surface area (Å²) in [6.07, 6.45) is 21.9. The minimum absolute atomic E-state index is 0.225. The summed E-state index contributed by atoms with van der Waals surface area (Å²) in [5, 5.41) is 6.45. The first-order chi connectivity index (χ1) is 15.6. The number of hydrogen-bond donors (Lipinski definition) is 2. The van der Waals surface area contributed by atoms with Crippen molar-refractivity contribution in [3.8, 4) is 0 Å². The maximum atomic E-state index is 11.9. The molecule has 1 saturated heterocycles. The summed E-state index contributed by atoms with van der Waals surface area (Å²) in [7, 11) is 0. The lowest BCUT2D eigenvalue weighted by Gasteiger charge is -2.16. The van der Waals surface area contributed by atoms with Crippen LogP contribution >= 0.6 is 0 Å². The molecule has 0 aromatic carbocycles. The number of amides is 2. The van der Waals surface area contributed by atoms with E-state index in [2.05, 4.69) is 24.5 Å². The SMILES string of the molecule is CCCCCCCCCCCCCCC(=O)NCCCCCCNCN1CC(C)CC1=O. The van der Waals surface area contributed by atoms with Crippen molar-refractivity contribution in [1.82, 2.24) is 15.5 Å². The highest BCUT2D eigenvalue weighted by Crippen LogP contribution is 2.15. The molecule has 1 atom stereocenters. The van der Waals surface area contributed by atoms with Crippen molar-refractivity contribution in [2.24, 2.45) is 5.92 Å². The van der Waals surface area contributed by atoms with Crippen LogP contribution in [0.25, 0.3) is 0 Å². The van der Waals surface area contributed by atoms with Crippen molar-refractivity contribution in [3.05, 3.63) is 0 Å². The number of nitrogens with zero attached hydrogens (tertiary/aromatic N) is 1. The van der Waals surface area contributed by atoms with Crippen molar-refractivity contribution in [1.29, 1.82) is 0 Å². The minimum Gasteiger partial charge on any atom is -0.356 e. The predicted molar refractivity (Wildman–Crippen MR) is 136 cm³/mol. The standard InChI is InChI=1S/C27H53N3O2/c1-3-4-5-6-7-8-9-10-11-12-13-16-19-26(31)29-21-18-15-14-17-20-28-24-30-23-25(2)22-27(30)32/h25,28H,3-24H2,1-2H3,(H,29,31). The molecule has 0 saturated carbocycles. The average Bonchev–Trinajstić information content (AvgIpc) is 3.10. The predicted octanol–water partition coefficient (Wildman–Crippen LogP) is 6.17. The monoisotopic (exact) mass is 451 g/mol. The smallest absolute Gasteiger partial charge is 0.223 e. The Hall–Kier alpha value is -1.10. The second-order valence-corrected chi connectivity index (χ2v) is 9.99. The highest BCUT2D eigenvalue weighted by atomic mass is 16.2. The molecule has 0 bridgehead atoms. The third-order valence-corrected chi connectivity index (χ3v) is 6.57. The van der Waals surface area contributed by atoms with Crippen LogP contribution in [0.5, 0.6) is 0 Å². The second-order valence-electron chi connectivity index (χ2n) is 9.99. The molecule has 1 aliphatic rings. The van der Waals surface area contributed by atoms with Crippen LogP contribution in [0.1, 0.15) is 129 Å². The zero-order valence-electron chi connectivity index (χ0n) is 21.4. The number of hydrogen-bond acceptors (Lipinski definition) is 3. The lowest BCUT2D eigenvalue weighted by Crippen LogP contribution is -2.35. The number of likely N-dealkylation sites (tertiary alicyclic amines) is 1. The Balaban J connectivity index is 1.74. The topological polar surface area (TPSA) is 61.4 Å². The van der Waals surface area contributed by atoms with E-state index < -0.39 is 0 Å². The molecule has 32 heavy (non-hydrogen) atoms. The van der Waals surface area contributed by atoms with Crippen LogP contribution in [0.3, 0.4) is 0 Å². The molecule has 5 heteroatoms. The van der Waals surface area contributed by atoms with Crippen LogP contribution in [0.2, 0.25) is 0 Å². The molecule has 1 heterocycles. The Morgan fingerprint density at radius 2 is 1.34 bits per heavy atom. The van der Waals surface area contributed by atoms with E-state index in [4.69, 9.17) is 0 Å². The van der Waals surface area contributed by atoms with E-state index >= 15 is 0 Å². The summed E-state index contributed by atoms with van der Waals surface area (Å²) < 4.78 is 0. The summed E-state index contributed by atoms with van der Waals surface area (Å²) in [5.41, 5.74) is 0. The van der Waals surface area contributed by atoms with Crippen molar-refractivity contribution < 1.29 is 9.59 Å². The zero-order chi connectivity index (χ0) is 23.3. The molecule has 0 radical (unpaired) electrons. The Morgan fingerprint density at radius 1 is 0.812 bits per heavy atom.